The SMILES string of the molecule is N#CCN1CCCC1=N.O=P([O-])([O-])[O-]. The fourth-order valence-electron chi connectivity index (χ4n) is 0.990. The molecule has 1 N–H and O–H groups in total. The highest BCUT2D eigenvalue weighted by Crippen LogP contribution is 2.07. The molecule has 0 unspecified atom stereocenters. The summed E-state index contributed by atoms with van der Waals surface area (Å²) in [5.41, 5.74) is 0. The smallest absolute Gasteiger partial charge is 0.106 e. The van der Waals surface area contributed by atoms with Gasteiger partial charge in [-0.15, -0.1) is 0 Å². The molecule has 0 atom stereocenters. The Bertz CT molecular complexity index is 273. The molecule has 0 spiro atoms. The quantitative estimate of drug-likeness (QED) is 0.390. The third-order valence-corrected chi connectivity index (χ3v) is 1.48. The maximum Gasteiger partial charge on any atom is 0.106 e. The number of nitriles is 1. The molecule has 1 aliphatic rings. The van der Waals surface area contributed by atoms with E-state index in [0.29, 0.717) is 12.4 Å². The van der Waals surface area contributed by atoms with Crippen molar-refractivity contribution in [3.63, 3.8) is 0 Å². The monoisotopic (exact) mass is 218 g/mol. The summed E-state index contributed by atoms with van der Waals surface area (Å²) in [5.74, 6) is 0.622. The second-order valence-corrected chi connectivity index (χ2v) is 3.47. The number of nitrogens with zero attached hydrogens (tertiary/aromatic N) is 2. The van der Waals surface area contributed by atoms with Crippen molar-refractivity contribution in [3.8, 4) is 6.07 Å². The van der Waals surface area contributed by atoms with Gasteiger partial charge in [-0.2, -0.15) is 13.1 Å². The molecule has 0 radical (unpaired) electrons. The highest BCUT2D eigenvalue weighted by Gasteiger charge is 2.14. The molecule has 0 aromatic rings. The number of nitrogens with one attached hydrogen (secondary N) is 1. The first-order valence-corrected chi connectivity index (χ1v) is 5.23. The lowest BCUT2D eigenvalue weighted by Crippen LogP contribution is -2.24. The second kappa shape index (κ2) is 5.73. The van der Waals surface area contributed by atoms with E-state index in [4.69, 9.17) is 29.9 Å². The van der Waals surface area contributed by atoms with Gasteiger partial charge in [0.2, 0.25) is 0 Å². The minimum Gasteiger partial charge on any atom is -0.822 e. The van der Waals surface area contributed by atoms with Gasteiger partial charge in [-0.3, -0.25) is 5.41 Å². The summed E-state index contributed by atoms with van der Waals surface area (Å²) >= 11 is 0. The molecule has 0 saturated carbocycles. The van der Waals surface area contributed by atoms with Crippen LogP contribution in [0.25, 0.3) is 0 Å². The summed E-state index contributed by atoms with van der Waals surface area (Å²) in [7, 11) is -5.39. The molecule has 0 aromatic carbocycles. The third-order valence-electron chi connectivity index (χ3n) is 1.48. The van der Waals surface area contributed by atoms with Crippen LogP contribution in [0.15, 0.2) is 0 Å². The Hall–Kier alpha value is -0.930. The van der Waals surface area contributed by atoms with Gasteiger partial charge >= 0.3 is 0 Å². The highest BCUT2D eigenvalue weighted by molar-refractivity contribution is 7.40. The topological polar surface area (TPSA) is 137 Å². The first kappa shape index (κ1) is 13.1. The predicted octanol–water partition coefficient (Wildman–Crippen LogP) is -2.24. The van der Waals surface area contributed by atoms with E-state index in [2.05, 4.69) is 0 Å². The van der Waals surface area contributed by atoms with Crippen molar-refractivity contribution in [1.29, 1.82) is 10.7 Å². The van der Waals surface area contributed by atoms with Crippen LogP contribution >= 0.6 is 7.82 Å². The fraction of sp³-hybridized carbons (Fsp3) is 0.667. The molecule has 1 heterocycles. The van der Waals surface area contributed by atoms with Crippen LogP contribution in [-0.4, -0.2) is 23.8 Å². The Labute approximate surface area is 81.3 Å². The largest absolute Gasteiger partial charge is 0.822 e. The van der Waals surface area contributed by atoms with Crippen molar-refractivity contribution in [1.82, 2.24) is 4.90 Å². The Kier molecular flexibility index (Phi) is 5.35. The summed E-state index contributed by atoms with van der Waals surface area (Å²) in [4.78, 5) is 27.5. The number of hydrogen-bond donors (Lipinski definition) is 1. The summed E-state index contributed by atoms with van der Waals surface area (Å²) in [6, 6.07) is 2.03. The first-order valence-electron chi connectivity index (χ1n) is 3.77. The van der Waals surface area contributed by atoms with Crippen molar-refractivity contribution >= 4 is 13.7 Å². The molecule has 80 valence electrons. The van der Waals surface area contributed by atoms with Gasteiger partial charge in [-0.25, -0.2) is 0 Å². The van der Waals surface area contributed by atoms with E-state index in [-0.39, 0.29) is 0 Å². The average Bonchev–Trinajstić information content (AvgIpc) is 2.34. The van der Waals surface area contributed by atoms with E-state index >= 15 is 0 Å². The first-order chi connectivity index (χ1) is 6.34. The summed E-state index contributed by atoms with van der Waals surface area (Å²) < 4.78 is 8.55. The van der Waals surface area contributed by atoms with Crippen LogP contribution in [0.2, 0.25) is 0 Å². The van der Waals surface area contributed by atoms with Gasteiger partial charge in [0.25, 0.3) is 0 Å². The zero-order chi connectivity index (χ0) is 11.2. The minimum atomic E-state index is -5.39. The molecule has 1 aliphatic heterocycles. The lowest BCUT2D eigenvalue weighted by atomic mass is 10.4. The van der Waals surface area contributed by atoms with Gasteiger partial charge in [0.15, 0.2) is 0 Å². The van der Waals surface area contributed by atoms with Gasteiger partial charge in [-0.1, -0.05) is 0 Å². The normalized spacial score (nSPS) is 15.9. The lowest BCUT2D eigenvalue weighted by molar-refractivity contribution is -0.432. The average molecular weight is 218 g/mol. The Balaban J connectivity index is 0.000000292. The zero-order valence-corrected chi connectivity index (χ0v) is 8.20. The molecule has 0 bridgehead atoms. The predicted molar refractivity (Wildman–Crippen MR) is 41.8 cm³/mol. The maximum atomic E-state index is 8.55. The summed E-state index contributed by atoms with van der Waals surface area (Å²) in [5, 5.41) is 15.5. The van der Waals surface area contributed by atoms with Crippen LogP contribution in [0.5, 0.6) is 0 Å². The van der Waals surface area contributed by atoms with E-state index in [1.54, 1.807) is 4.90 Å². The Morgan fingerprint density at radius 2 is 2.07 bits per heavy atom. The van der Waals surface area contributed by atoms with Gasteiger partial charge in [-0.05, 0) is 6.42 Å². The van der Waals surface area contributed by atoms with Crippen LogP contribution in [0.4, 0.5) is 0 Å². The zero-order valence-electron chi connectivity index (χ0n) is 7.30. The second-order valence-electron chi connectivity index (χ2n) is 2.58. The fourth-order valence-corrected chi connectivity index (χ4v) is 0.990. The van der Waals surface area contributed by atoms with E-state index in [1.807, 2.05) is 6.07 Å². The van der Waals surface area contributed by atoms with Crippen LogP contribution in [0, 0.1) is 16.7 Å². The minimum absolute atomic E-state index is 0.388. The number of hydrogen-bond acceptors (Lipinski definition) is 6. The Morgan fingerprint density at radius 1 is 1.57 bits per heavy atom. The van der Waals surface area contributed by atoms with Crippen LogP contribution in [-0.2, 0) is 4.57 Å². The van der Waals surface area contributed by atoms with Crippen molar-refractivity contribution in [3.05, 3.63) is 0 Å². The maximum absolute atomic E-state index is 8.55. The van der Waals surface area contributed by atoms with Gasteiger partial charge in [0.05, 0.1) is 11.9 Å². The van der Waals surface area contributed by atoms with Gasteiger partial charge in [0, 0.05) is 13.0 Å². The summed E-state index contributed by atoms with van der Waals surface area (Å²) in [6.07, 6.45) is 1.89. The molecule has 1 rings (SSSR count). The summed E-state index contributed by atoms with van der Waals surface area (Å²) in [6.45, 7) is 1.28. The van der Waals surface area contributed by atoms with Crippen molar-refractivity contribution < 1.29 is 19.2 Å². The number of likely N-dealkylation sites (tertiary alicyclic amines) is 1. The van der Waals surface area contributed by atoms with Crippen LogP contribution in [0.1, 0.15) is 12.8 Å². The molecular weight excluding hydrogens is 209 g/mol. The Morgan fingerprint density at radius 3 is 2.36 bits per heavy atom. The van der Waals surface area contributed by atoms with E-state index < -0.39 is 7.82 Å². The molecule has 14 heavy (non-hydrogen) atoms. The number of rotatable bonds is 1. The molecule has 1 fully saturated rings. The van der Waals surface area contributed by atoms with Gasteiger partial charge < -0.3 is 24.1 Å². The molecule has 7 nitrogen and oxygen atoms in total. The molecule has 0 aromatic heterocycles. The van der Waals surface area contributed by atoms with Crippen molar-refractivity contribution in [2.45, 2.75) is 12.8 Å². The number of phosphoric acid groups is 1. The van der Waals surface area contributed by atoms with Crippen LogP contribution in [0.3, 0.4) is 0 Å². The molecule has 0 aliphatic carbocycles. The van der Waals surface area contributed by atoms with E-state index in [0.717, 1.165) is 19.4 Å². The van der Waals surface area contributed by atoms with Gasteiger partial charge in [0.1, 0.15) is 6.54 Å². The molecule has 8 heteroatoms. The molecule has 1 saturated heterocycles. The number of amidine groups is 1. The molecule has 0 amide bonds. The van der Waals surface area contributed by atoms with Crippen LogP contribution < -0.4 is 14.7 Å². The molecular formula is C6H9N3O4P-3. The lowest BCUT2D eigenvalue weighted by Gasteiger charge is -2.36. The standard InChI is InChI=1S/C6H9N3.H3O4P/c7-3-5-9-4-1-2-6(9)8;1-5(2,3)4/h8H,1-2,4-5H2;(H3,1,2,3,4)/p-3. The third kappa shape index (κ3) is 7.71. The van der Waals surface area contributed by atoms with Crippen molar-refractivity contribution in [2.75, 3.05) is 13.1 Å². The highest BCUT2D eigenvalue weighted by atomic mass is 31.2. The van der Waals surface area contributed by atoms with Crippen molar-refractivity contribution in [2.24, 2.45) is 0 Å². The van der Waals surface area contributed by atoms with E-state index in [9.17, 15) is 0 Å². The van der Waals surface area contributed by atoms with E-state index in [1.165, 1.54) is 0 Å².